The van der Waals surface area contributed by atoms with E-state index in [9.17, 15) is 9.59 Å². The third-order valence-corrected chi connectivity index (χ3v) is 4.84. The van der Waals surface area contributed by atoms with E-state index in [0.29, 0.717) is 6.42 Å². The van der Waals surface area contributed by atoms with Crippen molar-refractivity contribution in [3.8, 4) is 0 Å². The maximum atomic E-state index is 12.5. The van der Waals surface area contributed by atoms with E-state index in [1.54, 1.807) is 12.4 Å². The molecule has 0 aromatic carbocycles. The number of hydrogen-bond donors (Lipinski definition) is 1. The average Bonchev–Trinajstić information content (AvgIpc) is 2.63. The Morgan fingerprint density at radius 3 is 2.46 bits per heavy atom. The second-order valence-corrected chi connectivity index (χ2v) is 6.70. The highest BCUT2D eigenvalue weighted by molar-refractivity contribution is 5.79. The van der Waals surface area contributed by atoms with E-state index in [4.69, 9.17) is 0 Å². The van der Waals surface area contributed by atoms with Crippen LogP contribution in [-0.4, -0.2) is 58.9 Å². The molecule has 0 saturated carbocycles. The van der Waals surface area contributed by atoms with Gasteiger partial charge in [-0.15, -0.1) is 0 Å². The Kier molecular flexibility index (Phi) is 5.67. The van der Waals surface area contributed by atoms with Gasteiger partial charge in [0.15, 0.2) is 0 Å². The fourth-order valence-electron chi connectivity index (χ4n) is 3.47. The SMILES string of the molecule is O=C(Cc1cccnc1)NC1CCN(C(=O)N2CCCCC2)CC1. The number of pyridine rings is 1. The van der Waals surface area contributed by atoms with Crippen LogP contribution in [0.5, 0.6) is 0 Å². The summed E-state index contributed by atoms with van der Waals surface area (Å²) in [5.41, 5.74) is 0.924. The number of nitrogens with zero attached hydrogens (tertiary/aromatic N) is 3. The van der Waals surface area contributed by atoms with E-state index < -0.39 is 0 Å². The molecule has 6 heteroatoms. The third-order valence-electron chi connectivity index (χ3n) is 4.84. The first-order valence-corrected chi connectivity index (χ1v) is 8.94. The number of likely N-dealkylation sites (tertiary alicyclic amines) is 2. The lowest BCUT2D eigenvalue weighted by Gasteiger charge is -2.37. The highest BCUT2D eigenvalue weighted by Crippen LogP contribution is 2.16. The van der Waals surface area contributed by atoms with Crippen LogP contribution in [-0.2, 0) is 11.2 Å². The fraction of sp³-hybridized carbons (Fsp3) is 0.611. The first kappa shape index (κ1) is 16.7. The molecule has 1 aromatic heterocycles. The van der Waals surface area contributed by atoms with Crippen molar-refractivity contribution in [3.05, 3.63) is 30.1 Å². The summed E-state index contributed by atoms with van der Waals surface area (Å²) < 4.78 is 0. The summed E-state index contributed by atoms with van der Waals surface area (Å²) in [7, 11) is 0. The number of carbonyl (C=O) groups is 2. The quantitative estimate of drug-likeness (QED) is 0.919. The lowest BCUT2D eigenvalue weighted by atomic mass is 10.0. The number of rotatable bonds is 3. The number of hydrogen-bond acceptors (Lipinski definition) is 3. The van der Waals surface area contributed by atoms with Gasteiger partial charge in [0.1, 0.15) is 0 Å². The first-order chi connectivity index (χ1) is 11.7. The topological polar surface area (TPSA) is 65.5 Å². The second-order valence-electron chi connectivity index (χ2n) is 6.70. The zero-order valence-electron chi connectivity index (χ0n) is 14.1. The number of aromatic nitrogens is 1. The Morgan fingerprint density at radius 1 is 1.08 bits per heavy atom. The molecule has 2 aliphatic rings. The molecule has 0 aliphatic carbocycles. The minimum absolute atomic E-state index is 0.0313. The van der Waals surface area contributed by atoms with Crippen molar-refractivity contribution in [2.45, 2.75) is 44.6 Å². The Morgan fingerprint density at radius 2 is 1.79 bits per heavy atom. The van der Waals surface area contributed by atoms with Crippen LogP contribution in [0.2, 0.25) is 0 Å². The molecule has 0 atom stereocenters. The van der Waals surface area contributed by atoms with Gasteiger partial charge < -0.3 is 15.1 Å². The third kappa shape index (κ3) is 4.46. The van der Waals surface area contributed by atoms with Gasteiger partial charge >= 0.3 is 6.03 Å². The van der Waals surface area contributed by atoms with Gasteiger partial charge in [-0.1, -0.05) is 6.07 Å². The van der Waals surface area contributed by atoms with Gasteiger partial charge in [-0.3, -0.25) is 9.78 Å². The van der Waals surface area contributed by atoms with E-state index in [-0.39, 0.29) is 18.0 Å². The van der Waals surface area contributed by atoms with Gasteiger partial charge in [0.05, 0.1) is 6.42 Å². The number of nitrogens with one attached hydrogen (secondary N) is 1. The summed E-state index contributed by atoms with van der Waals surface area (Å²) in [5.74, 6) is 0.0313. The molecule has 3 heterocycles. The van der Waals surface area contributed by atoms with Gasteiger partial charge in [-0.2, -0.15) is 0 Å². The van der Waals surface area contributed by atoms with Gasteiger partial charge in [0.25, 0.3) is 0 Å². The van der Waals surface area contributed by atoms with Crippen LogP contribution in [0.3, 0.4) is 0 Å². The van der Waals surface area contributed by atoms with Crippen molar-refractivity contribution in [1.82, 2.24) is 20.1 Å². The molecule has 3 amide bonds. The highest BCUT2D eigenvalue weighted by atomic mass is 16.2. The van der Waals surface area contributed by atoms with Crippen LogP contribution in [0.4, 0.5) is 4.79 Å². The zero-order valence-corrected chi connectivity index (χ0v) is 14.1. The van der Waals surface area contributed by atoms with Gasteiger partial charge in [-0.05, 0) is 43.7 Å². The largest absolute Gasteiger partial charge is 0.353 e. The summed E-state index contributed by atoms with van der Waals surface area (Å²) in [4.78, 5) is 32.5. The van der Waals surface area contributed by atoms with Crippen LogP contribution in [0.15, 0.2) is 24.5 Å². The van der Waals surface area contributed by atoms with E-state index in [1.165, 1.54) is 6.42 Å². The molecule has 2 saturated heterocycles. The maximum Gasteiger partial charge on any atom is 0.319 e. The van der Waals surface area contributed by atoms with Crippen molar-refractivity contribution < 1.29 is 9.59 Å². The zero-order chi connectivity index (χ0) is 16.8. The Balaban J connectivity index is 1.41. The summed E-state index contributed by atoms with van der Waals surface area (Å²) >= 11 is 0. The van der Waals surface area contributed by atoms with E-state index in [0.717, 1.165) is 57.4 Å². The molecule has 3 rings (SSSR count). The average molecular weight is 330 g/mol. The van der Waals surface area contributed by atoms with Gasteiger partial charge in [0, 0.05) is 44.6 Å². The molecule has 1 N–H and O–H groups in total. The molecule has 0 spiro atoms. The molecule has 0 bridgehead atoms. The van der Waals surface area contributed by atoms with Crippen molar-refractivity contribution in [2.75, 3.05) is 26.2 Å². The molecule has 130 valence electrons. The van der Waals surface area contributed by atoms with Gasteiger partial charge in [-0.25, -0.2) is 4.79 Å². The van der Waals surface area contributed by atoms with E-state index in [2.05, 4.69) is 10.3 Å². The Labute approximate surface area is 143 Å². The number of carbonyl (C=O) groups excluding carboxylic acids is 2. The Bertz CT molecular complexity index is 549. The lowest BCUT2D eigenvalue weighted by molar-refractivity contribution is -0.121. The fourth-order valence-corrected chi connectivity index (χ4v) is 3.47. The van der Waals surface area contributed by atoms with E-state index >= 15 is 0 Å². The minimum atomic E-state index is 0.0313. The van der Waals surface area contributed by atoms with Crippen LogP contribution in [0.1, 0.15) is 37.7 Å². The molecular formula is C18H26N4O2. The summed E-state index contributed by atoms with van der Waals surface area (Å²) in [5, 5.41) is 3.09. The number of piperidine rings is 2. The van der Waals surface area contributed by atoms with Crippen LogP contribution < -0.4 is 5.32 Å². The van der Waals surface area contributed by atoms with Crippen molar-refractivity contribution in [3.63, 3.8) is 0 Å². The molecular weight excluding hydrogens is 304 g/mol. The minimum Gasteiger partial charge on any atom is -0.353 e. The predicted molar refractivity (Wildman–Crippen MR) is 91.5 cm³/mol. The first-order valence-electron chi connectivity index (χ1n) is 8.94. The maximum absolute atomic E-state index is 12.5. The normalized spacial score (nSPS) is 19.2. The van der Waals surface area contributed by atoms with Gasteiger partial charge in [0.2, 0.25) is 5.91 Å². The van der Waals surface area contributed by atoms with Crippen LogP contribution >= 0.6 is 0 Å². The highest BCUT2D eigenvalue weighted by Gasteiger charge is 2.27. The van der Waals surface area contributed by atoms with Crippen LogP contribution in [0, 0.1) is 0 Å². The second kappa shape index (κ2) is 8.13. The monoisotopic (exact) mass is 330 g/mol. The summed E-state index contributed by atoms with van der Waals surface area (Å²) in [6.45, 7) is 3.24. The van der Waals surface area contributed by atoms with Crippen molar-refractivity contribution in [1.29, 1.82) is 0 Å². The smallest absolute Gasteiger partial charge is 0.319 e. The molecule has 6 nitrogen and oxygen atoms in total. The van der Waals surface area contributed by atoms with Crippen molar-refractivity contribution in [2.24, 2.45) is 0 Å². The molecule has 2 fully saturated rings. The summed E-state index contributed by atoms with van der Waals surface area (Å²) in [6, 6.07) is 4.09. The molecule has 2 aliphatic heterocycles. The standard InChI is InChI=1S/C18H26N4O2/c23-17(13-15-5-4-8-19-14-15)20-16-6-11-22(12-7-16)18(24)21-9-2-1-3-10-21/h4-5,8,14,16H,1-3,6-7,9-13H2,(H,20,23). The molecule has 24 heavy (non-hydrogen) atoms. The lowest BCUT2D eigenvalue weighted by Crippen LogP contribution is -2.51. The predicted octanol–water partition coefficient (Wildman–Crippen LogP) is 1.81. The number of amides is 3. The Hall–Kier alpha value is -2.11. The van der Waals surface area contributed by atoms with E-state index in [1.807, 2.05) is 21.9 Å². The summed E-state index contributed by atoms with van der Waals surface area (Å²) in [6.07, 6.45) is 8.92. The van der Waals surface area contributed by atoms with Crippen molar-refractivity contribution >= 4 is 11.9 Å². The molecule has 0 radical (unpaired) electrons. The molecule has 0 unspecified atom stereocenters. The van der Waals surface area contributed by atoms with Crippen LogP contribution in [0.25, 0.3) is 0 Å². The number of urea groups is 1. The molecule has 1 aromatic rings.